The van der Waals surface area contributed by atoms with Crippen LogP contribution >= 0.6 is 0 Å². The van der Waals surface area contributed by atoms with Gasteiger partial charge in [0, 0.05) is 66.3 Å². The van der Waals surface area contributed by atoms with E-state index in [9.17, 15) is 0 Å². The Labute approximate surface area is 664 Å². The highest BCUT2D eigenvalue weighted by Crippen LogP contribution is 2.70. The standard InChI is InChI=1S/C111H66N2O2/c1-2-27-67(28-3-1)74-33-12-21-49-98(74)113(101-52-26-48-94-104(101)83-38-10-19-46-92(83)110(94)93-47-20-11-39-84(93)107-105(110)86-40-13-22-53-102(86)114-107)73-57-61-82-81-60-56-70(64-95(81)109(96(82)65-73)88-42-15-6-34-77(88)78-35-7-16-43-89(78)109)69-55-59-76-71(63-69)31-25-51-100(76)112(99-50-24-30-68-29-4-5-32-75(68)99)72-58-62-85-97(66-72)111(106-87-41-14-23-54-103(87)115-108(85)106)90-44-17-8-36-79(90)80-37-9-18-45-91(80)111/h1-66H. The molecule has 4 heteroatoms. The maximum atomic E-state index is 7.08. The zero-order valence-electron chi connectivity index (χ0n) is 62.3. The Morgan fingerprint density at radius 1 is 0.191 bits per heavy atom. The van der Waals surface area contributed by atoms with Crippen LogP contribution in [0.2, 0.25) is 0 Å². The molecule has 18 aromatic carbocycles. The molecule has 0 amide bonds. The monoisotopic (exact) mass is 1460 g/mol. The zero-order chi connectivity index (χ0) is 75.0. The zero-order valence-corrected chi connectivity index (χ0v) is 62.3. The number of anilines is 6. The Morgan fingerprint density at radius 2 is 0.557 bits per heavy atom. The fraction of sp³-hybridized carbons (Fsp3) is 0.0270. The summed E-state index contributed by atoms with van der Waals surface area (Å²) in [5.74, 6) is 1.88. The highest BCUT2D eigenvalue weighted by atomic mass is 16.3. The maximum Gasteiger partial charge on any atom is 0.140 e. The number of benzene rings is 18. The number of para-hydroxylation sites is 3. The van der Waals surface area contributed by atoms with Crippen LogP contribution in [0.15, 0.2) is 409 Å². The summed E-state index contributed by atoms with van der Waals surface area (Å²) in [7, 11) is 0. The van der Waals surface area contributed by atoms with Crippen molar-refractivity contribution in [3.05, 3.63) is 467 Å². The average molecular weight is 1460 g/mol. The van der Waals surface area contributed by atoms with E-state index in [4.69, 9.17) is 8.83 Å². The molecular formula is C111H66N2O2. The average Bonchev–Trinajstić information content (AvgIpc) is 1.51. The van der Waals surface area contributed by atoms with Gasteiger partial charge in [0.1, 0.15) is 22.7 Å². The van der Waals surface area contributed by atoms with E-state index in [1.807, 2.05) is 0 Å². The van der Waals surface area contributed by atoms with E-state index < -0.39 is 16.2 Å². The summed E-state index contributed by atoms with van der Waals surface area (Å²) in [6, 6.07) is 151. The van der Waals surface area contributed by atoms with Crippen molar-refractivity contribution in [1.29, 1.82) is 0 Å². The summed E-state index contributed by atoms with van der Waals surface area (Å²) >= 11 is 0. The van der Waals surface area contributed by atoms with Gasteiger partial charge in [0.25, 0.3) is 0 Å². The quantitative estimate of drug-likeness (QED) is 0.152. The van der Waals surface area contributed by atoms with Crippen molar-refractivity contribution in [3.63, 3.8) is 0 Å². The summed E-state index contributed by atoms with van der Waals surface area (Å²) in [6.07, 6.45) is 0. The number of furan rings is 2. The lowest BCUT2D eigenvalue weighted by atomic mass is 9.70. The van der Waals surface area contributed by atoms with E-state index in [-0.39, 0.29) is 0 Å². The Bertz CT molecular complexity index is 7560. The van der Waals surface area contributed by atoms with Gasteiger partial charge in [-0.15, -0.1) is 0 Å². The molecule has 20 aromatic rings. The second-order valence-corrected chi connectivity index (χ2v) is 31.8. The van der Waals surface area contributed by atoms with Crippen molar-refractivity contribution in [3.8, 4) is 89.4 Å². The summed E-state index contributed by atoms with van der Waals surface area (Å²) < 4.78 is 14.1. The molecule has 2 aromatic heterocycles. The Kier molecular flexibility index (Phi) is 12.7. The molecule has 6 aliphatic carbocycles. The van der Waals surface area contributed by atoms with E-state index in [1.165, 1.54) is 122 Å². The minimum atomic E-state index is -0.707. The molecular weight excluding hydrogens is 1390 g/mol. The van der Waals surface area contributed by atoms with Gasteiger partial charge >= 0.3 is 0 Å². The van der Waals surface area contributed by atoms with E-state index >= 15 is 0 Å². The third-order valence-electron chi connectivity index (χ3n) is 26.7. The van der Waals surface area contributed by atoms with Crippen molar-refractivity contribution >= 4 is 77.6 Å². The molecule has 1 unspecified atom stereocenters. The third kappa shape index (κ3) is 8.04. The number of fused-ring (bicyclic) bond motifs is 36. The van der Waals surface area contributed by atoms with Crippen molar-refractivity contribution in [2.75, 3.05) is 9.80 Å². The smallest absolute Gasteiger partial charge is 0.140 e. The van der Waals surface area contributed by atoms with Crippen LogP contribution in [0.4, 0.5) is 34.1 Å². The molecule has 4 nitrogen and oxygen atoms in total. The lowest BCUT2D eigenvalue weighted by Crippen LogP contribution is -2.26. The van der Waals surface area contributed by atoms with Gasteiger partial charge in [-0.2, -0.15) is 0 Å². The summed E-state index contributed by atoms with van der Waals surface area (Å²) in [4.78, 5) is 5.12. The Balaban J connectivity index is 0.662. The first-order chi connectivity index (χ1) is 57.1. The molecule has 0 radical (unpaired) electrons. The second-order valence-electron chi connectivity index (χ2n) is 31.8. The Hall–Kier alpha value is -14.8. The number of hydrogen-bond donors (Lipinski definition) is 0. The topological polar surface area (TPSA) is 32.8 Å². The maximum absolute atomic E-state index is 7.08. The molecule has 0 saturated carbocycles. The van der Waals surface area contributed by atoms with Crippen LogP contribution in [-0.2, 0) is 16.2 Å². The predicted octanol–water partition coefficient (Wildman–Crippen LogP) is 28.8. The highest BCUT2D eigenvalue weighted by Gasteiger charge is 2.58. The van der Waals surface area contributed by atoms with Crippen molar-refractivity contribution in [2.24, 2.45) is 0 Å². The molecule has 3 spiro atoms. The molecule has 2 heterocycles. The van der Waals surface area contributed by atoms with E-state index in [1.54, 1.807) is 0 Å². The van der Waals surface area contributed by atoms with Crippen LogP contribution in [0, 0.1) is 0 Å². The van der Waals surface area contributed by atoms with Crippen LogP contribution in [0.25, 0.3) is 133 Å². The number of nitrogens with zero attached hydrogens (tertiary/aromatic N) is 2. The molecule has 0 bridgehead atoms. The molecule has 0 N–H and O–H groups in total. The molecule has 115 heavy (non-hydrogen) atoms. The molecule has 6 aliphatic rings. The van der Waals surface area contributed by atoms with Crippen LogP contribution in [0.5, 0.6) is 0 Å². The van der Waals surface area contributed by atoms with Crippen LogP contribution < -0.4 is 9.80 Å². The van der Waals surface area contributed by atoms with Gasteiger partial charge in [0.15, 0.2) is 0 Å². The van der Waals surface area contributed by atoms with Gasteiger partial charge in [-0.25, -0.2) is 0 Å². The molecule has 0 fully saturated rings. The second kappa shape index (κ2) is 23.1. The van der Waals surface area contributed by atoms with Crippen molar-refractivity contribution < 1.29 is 8.83 Å². The van der Waals surface area contributed by atoms with Crippen molar-refractivity contribution in [1.82, 2.24) is 0 Å². The summed E-state index contributed by atoms with van der Waals surface area (Å²) in [5, 5.41) is 6.92. The van der Waals surface area contributed by atoms with Gasteiger partial charge in [-0.1, -0.05) is 322 Å². The number of hydrogen-bond acceptors (Lipinski definition) is 4. The van der Waals surface area contributed by atoms with E-state index in [0.29, 0.717) is 0 Å². The molecule has 1 atom stereocenters. The SMILES string of the molecule is c1ccc(-c2ccccc2N(c2ccc3c(c2)C2(c4ccccc4-c4ccccc42)c2cc(-c4ccc5c(N(c6ccc7c(c6)C6(c8ccccc8-c8ccccc86)c6c-7oc7ccccc67)c6cccc7ccccc67)cccc5c4)ccc2-3)c2cccc3c2-c2ccccc2C32c3ccccc3-c3oc4ccccc4c32)cc1. The number of rotatable bonds is 8. The fourth-order valence-electron chi connectivity index (χ4n) is 22.4. The first-order valence-electron chi connectivity index (χ1n) is 40.0. The lowest BCUT2D eigenvalue weighted by Gasteiger charge is -2.34. The first-order valence-corrected chi connectivity index (χ1v) is 40.0. The molecule has 532 valence electrons. The normalized spacial score (nSPS) is 15.0. The minimum absolute atomic E-state index is 0.638. The fourth-order valence-corrected chi connectivity index (χ4v) is 22.4. The predicted molar refractivity (Wildman–Crippen MR) is 470 cm³/mol. The largest absolute Gasteiger partial charge is 0.456 e. The van der Waals surface area contributed by atoms with Crippen LogP contribution in [0.1, 0.15) is 66.8 Å². The Morgan fingerprint density at radius 3 is 1.18 bits per heavy atom. The minimum Gasteiger partial charge on any atom is -0.456 e. The van der Waals surface area contributed by atoms with Gasteiger partial charge < -0.3 is 18.6 Å². The van der Waals surface area contributed by atoms with Crippen LogP contribution in [-0.4, -0.2) is 0 Å². The first kappa shape index (κ1) is 62.9. The highest BCUT2D eigenvalue weighted by molar-refractivity contribution is 6.11. The van der Waals surface area contributed by atoms with Crippen LogP contribution in [0.3, 0.4) is 0 Å². The van der Waals surface area contributed by atoms with Gasteiger partial charge in [-0.3, -0.25) is 0 Å². The van der Waals surface area contributed by atoms with Gasteiger partial charge in [0.2, 0.25) is 0 Å². The summed E-state index contributed by atoms with van der Waals surface area (Å²) in [6.45, 7) is 0. The summed E-state index contributed by atoms with van der Waals surface area (Å²) in [5.41, 5.74) is 38.1. The van der Waals surface area contributed by atoms with E-state index in [2.05, 4.69) is 410 Å². The van der Waals surface area contributed by atoms with Gasteiger partial charge in [-0.05, 0) is 201 Å². The molecule has 26 rings (SSSR count). The van der Waals surface area contributed by atoms with Gasteiger partial charge in [0.05, 0.1) is 39.0 Å². The third-order valence-corrected chi connectivity index (χ3v) is 26.7. The van der Waals surface area contributed by atoms with Crippen molar-refractivity contribution in [2.45, 2.75) is 16.2 Å². The van der Waals surface area contributed by atoms with E-state index in [0.717, 1.165) is 112 Å². The lowest BCUT2D eigenvalue weighted by molar-refractivity contribution is 0.628. The molecule has 0 aliphatic heterocycles. The molecule has 0 saturated heterocycles.